The summed E-state index contributed by atoms with van der Waals surface area (Å²) >= 11 is 6.05. The van der Waals surface area contributed by atoms with Crippen LogP contribution in [-0.2, 0) is 9.47 Å². The van der Waals surface area contributed by atoms with Gasteiger partial charge in [0.25, 0.3) is 0 Å². The van der Waals surface area contributed by atoms with Crippen molar-refractivity contribution in [3.05, 3.63) is 64.6 Å². The lowest BCUT2D eigenvalue weighted by Gasteiger charge is -2.10. The van der Waals surface area contributed by atoms with Crippen LogP contribution in [0, 0.1) is 5.82 Å². The molecule has 0 bridgehead atoms. The molecule has 2 aromatic carbocycles. The van der Waals surface area contributed by atoms with E-state index in [4.69, 9.17) is 25.8 Å². The number of hydrogen-bond donors (Lipinski definition) is 0. The van der Waals surface area contributed by atoms with Crippen LogP contribution in [-0.4, -0.2) is 42.5 Å². The molecule has 0 fully saturated rings. The van der Waals surface area contributed by atoms with Crippen molar-refractivity contribution in [2.24, 2.45) is 0 Å². The van der Waals surface area contributed by atoms with Gasteiger partial charge in [-0.3, -0.25) is 0 Å². The number of methoxy groups -OCH3 is 2. The maximum Gasteiger partial charge on any atom is 0.357 e. The summed E-state index contributed by atoms with van der Waals surface area (Å²) in [6.07, 6.45) is 0. The van der Waals surface area contributed by atoms with Crippen molar-refractivity contribution < 1.29 is 28.2 Å². The van der Waals surface area contributed by atoms with Crippen LogP contribution in [0.2, 0.25) is 5.02 Å². The van der Waals surface area contributed by atoms with Crippen LogP contribution in [0.1, 0.15) is 27.8 Å². The SMILES string of the molecule is CCOc1c(Cl)ccc(-c2nn(-c3ccccc3)c(C(=O)OC)c2C(=O)OC)c1F. The summed E-state index contributed by atoms with van der Waals surface area (Å²) in [6.45, 7) is 1.86. The van der Waals surface area contributed by atoms with Crippen LogP contribution in [0.5, 0.6) is 5.75 Å². The van der Waals surface area contributed by atoms with E-state index in [2.05, 4.69) is 5.10 Å². The predicted octanol–water partition coefficient (Wildman–Crippen LogP) is 4.30. The second-order valence-corrected chi connectivity index (χ2v) is 6.38. The highest BCUT2D eigenvalue weighted by molar-refractivity contribution is 6.32. The van der Waals surface area contributed by atoms with E-state index in [0.717, 1.165) is 7.11 Å². The van der Waals surface area contributed by atoms with E-state index in [0.29, 0.717) is 5.69 Å². The lowest BCUT2D eigenvalue weighted by atomic mass is 10.0. The number of benzene rings is 2. The Labute approximate surface area is 176 Å². The molecule has 0 unspecified atom stereocenters. The summed E-state index contributed by atoms with van der Waals surface area (Å²) in [4.78, 5) is 25.2. The van der Waals surface area contributed by atoms with Gasteiger partial charge in [-0.1, -0.05) is 29.8 Å². The lowest BCUT2D eigenvalue weighted by Crippen LogP contribution is -2.15. The van der Waals surface area contributed by atoms with E-state index in [9.17, 15) is 9.59 Å². The van der Waals surface area contributed by atoms with E-state index >= 15 is 4.39 Å². The number of aromatic nitrogens is 2. The number of nitrogens with zero attached hydrogens (tertiary/aromatic N) is 2. The number of hydrogen-bond acceptors (Lipinski definition) is 6. The summed E-state index contributed by atoms with van der Waals surface area (Å²) in [6, 6.07) is 11.4. The molecule has 156 valence electrons. The Hall–Kier alpha value is -3.39. The third kappa shape index (κ3) is 3.73. The highest BCUT2D eigenvalue weighted by atomic mass is 35.5. The van der Waals surface area contributed by atoms with Crippen LogP contribution >= 0.6 is 11.6 Å². The standard InChI is InChI=1S/C21H18ClFN2O5/c1-4-30-19-14(22)11-10-13(16(19)23)17-15(20(26)28-2)18(21(27)29-3)25(24-17)12-8-6-5-7-9-12/h5-11H,4H2,1-3H3. The minimum atomic E-state index is -0.875. The van der Waals surface area contributed by atoms with Crippen molar-refractivity contribution in [1.82, 2.24) is 9.78 Å². The van der Waals surface area contributed by atoms with Gasteiger partial charge in [-0.15, -0.1) is 0 Å². The van der Waals surface area contributed by atoms with Crippen LogP contribution < -0.4 is 4.74 Å². The Morgan fingerprint density at radius 1 is 1.07 bits per heavy atom. The zero-order valence-electron chi connectivity index (χ0n) is 16.4. The second-order valence-electron chi connectivity index (χ2n) is 5.97. The number of esters is 2. The monoisotopic (exact) mass is 432 g/mol. The molecular formula is C21H18ClFN2O5. The first-order valence-corrected chi connectivity index (χ1v) is 9.28. The molecule has 0 saturated carbocycles. The van der Waals surface area contributed by atoms with Gasteiger partial charge >= 0.3 is 11.9 Å². The number of halogens is 2. The third-order valence-electron chi connectivity index (χ3n) is 4.25. The molecule has 1 heterocycles. The summed E-state index contributed by atoms with van der Waals surface area (Å²) in [7, 11) is 2.32. The average molecular weight is 433 g/mol. The van der Waals surface area contributed by atoms with Gasteiger partial charge in [0, 0.05) is 5.56 Å². The smallest absolute Gasteiger partial charge is 0.357 e. The van der Waals surface area contributed by atoms with Crippen LogP contribution in [0.15, 0.2) is 42.5 Å². The van der Waals surface area contributed by atoms with Gasteiger partial charge in [0.2, 0.25) is 0 Å². The fourth-order valence-corrected chi connectivity index (χ4v) is 3.14. The Balaban J connectivity index is 2.38. The first-order valence-electron chi connectivity index (χ1n) is 8.90. The zero-order valence-corrected chi connectivity index (χ0v) is 17.2. The summed E-state index contributed by atoms with van der Waals surface area (Å²) < 4.78 is 31.5. The largest absolute Gasteiger partial charge is 0.489 e. The van der Waals surface area contributed by atoms with Crippen LogP contribution in [0.25, 0.3) is 16.9 Å². The normalized spacial score (nSPS) is 10.6. The molecule has 0 aliphatic carbocycles. The summed E-state index contributed by atoms with van der Waals surface area (Å²) in [5.41, 5.74) is -0.159. The highest BCUT2D eigenvalue weighted by Gasteiger charge is 2.33. The molecule has 3 rings (SSSR count). The van der Waals surface area contributed by atoms with Crippen molar-refractivity contribution in [2.45, 2.75) is 6.92 Å². The Bertz CT molecular complexity index is 1100. The zero-order chi connectivity index (χ0) is 21.8. The number of ether oxygens (including phenoxy) is 3. The van der Waals surface area contributed by atoms with E-state index in [1.54, 1.807) is 37.3 Å². The van der Waals surface area contributed by atoms with Gasteiger partial charge in [0.1, 0.15) is 11.3 Å². The maximum atomic E-state index is 15.3. The first-order chi connectivity index (χ1) is 14.4. The van der Waals surface area contributed by atoms with Gasteiger partial charge in [-0.2, -0.15) is 5.10 Å². The van der Waals surface area contributed by atoms with Gasteiger partial charge in [0.05, 0.1) is 31.5 Å². The molecule has 30 heavy (non-hydrogen) atoms. The fourth-order valence-electron chi connectivity index (χ4n) is 2.94. The van der Waals surface area contributed by atoms with Crippen LogP contribution in [0.4, 0.5) is 4.39 Å². The predicted molar refractivity (Wildman–Crippen MR) is 108 cm³/mol. The molecule has 0 aliphatic heterocycles. The second kappa shape index (κ2) is 8.96. The van der Waals surface area contributed by atoms with E-state index in [-0.39, 0.29) is 39.9 Å². The minimum absolute atomic E-state index is 0.0633. The van der Waals surface area contributed by atoms with E-state index in [1.165, 1.54) is 23.9 Å². The molecule has 0 spiro atoms. The van der Waals surface area contributed by atoms with Crippen molar-refractivity contribution >= 4 is 23.5 Å². The third-order valence-corrected chi connectivity index (χ3v) is 4.54. The number of rotatable bonds is 6. The molecule has 9 heteroatoms. The molecule has 0 N–H and O–H groups in total. The van der Waals surface area contributed by atoms with Crippen LogP contribution in [0.3, 0.4) is 0 Å². The summed E-state index contributed by atoms with van der Waals surface area (Å²) in [5, 5.41) is 4.42. The van der Waals surface area contributed by atoms with Crippen molar-refractivity contribution in [3.8, 4) is 22.7 Å². The van der Waals surface area contributed by atoms with E-state index in [1.807, 2.05) is 0 Å². The molecule has 0 aliphatic rings. The first kappa shape index (κ1) is 21.3. The molecule has 0 radical (unpaired) electrons. The Morgan fingerprint density at radius 2 is 1.73 bits per heavy atom. The number of para-hydroxylation sites is 1. The Morgan fingerprint density at radius 3 is 2.33 bits per heavy atom. The fraction of sp³-hybridized carbons (Fsp3) is 0.190. The summed E-state index contributed by atoms with van der Waals surface area (Å²) in [5.74, 6) is -2.71. The molecule has 0 atom stereocenters. The molecule has 3 aromatic rings. The van der Waals surface area contributed by atoms with Crippen molar-refractivity contribution in [3.63, 3.8) is 0 Å². The minimum Gasteiger partial charge on any atom is -0.489 e. The molecule has 7 nitrogen and oxygen atoms in total. The van der Waals surface area contributed by atoms with Crippen molar-refractivity contribution in [1.29, 1.82) is 0 Å². The van der Waals surface area contributed by atoms with E-state index < -0.39 is 17.8 Å². The Kier molecular flexibility index (Phi) is 6.37. The molecular weight excluding hydrogens is 415 g/mol. The van der Waals surface area contributed by atoms with Gasteiger partial charge in [-0.25, -0.2) is 18.7 Å². The molecule has 0 saturated heterocycles. The maximum absolute atomic E-state index is 15.3. The highest BCUT2D eigenvalue weighted by Crippen LogP contribution is 2.37. The molecule has 1 aromatic heterocycles. The van der Waals surface area contributed by atoms with Crippen molar-refractivity contribution in [2.75, 3.05) is 20.8 Å². The van der Waals surface area contributed by atoms with Gasteiger partial charge < -0.3 is 14.2 Å². The van der Waals surface area contributed by atoms with Gasteiger partial charge in [0.15, 0.2) is 17.3 Å². The average Bonchev–Trinajstić information content (AvgIpc) is 3.16. The topological polar surface area (TPSA) is 79.7 Å². The quantitative estimate of drug-likeness (QED) is 0.540. The lowest BCUT2D eigenvalue weighted by molar-refractivity contribution is 0.0549. The number of carbonyl (C=O) groups excluding carboxylic acids is 2. The molecule has 0 amide bonds. The van der Waals surface area contributed by atoms with Gasteiger partial charge in [-0.05, 0) is 31.2 Å². The number of carbonyl (C=O) groups is 2.